The maximum absolute atomic E-state index is 12.5. The van der Waals surface area contributed by atoms with Gasteiger partial charge in [0.15, 0.2) is 0 Å². The number of nitrogens with one attached hydrogen (secondary N) is 1. The molecular weight excluding hydrogens is 366 g/mol. The molecular formula is C22H31N5O2. The highest BCUT2D eigenvalue weighted by Crippen LogP contribution is 2.18. The van der Waals surface area contributed by atoms with E-state index in [1.807, 2.05) is 41.9 Å². The van der Waals surface area contributed by atoms with E-state index in [4.69, 9.17) is 4.74 Å². The molecule has 1 amide bonds. The monoisotopic (exact) mass is 397 g/mol. The van der Waals surface area contributed by atoms with Crippen LogP contribution in [0.25, 0.3) is 5.69 Å². The number of nitrogens with zero attached hydrogens (tertiary/aromatic N) is 4. The molecule has 0 saturated carbocycles. The number of carbonyl (C=O) groups excluding carboxylic acids is 1. The molecule has 7 nitrogen and oxygen atoms in total. The van der Waals surface area contributed by atoms with Crippen LogP contribution < -0.4 is 5.32 Å². The Morgan fingerprint density at radius 1 is 1.17 bits per heavy atom. The van der Waals surface area contributed by atoms with Gasteiger partial charge in [0.25, 0.3) is 0 Å². The van der Waals surface area contributed by atoms with Gasteiger partial charge in [-0.2, -0.15) is 5.10 Å². The molecule has 0 spiro atoms. The van der Waals surface area contributed by atoms with Crippen LogP contribution in [0.1, 0.15) is 23.4 Å². The number of rotatable bonds is 6. The van der Waals surface area contributed by atoms with E-state index < -0.39 is 0 Å². The van der Waals surface area contributed by atoms with Crippen molar-refractivity contribution in [3.8, 4) is 5.69 Å². The predicted molar refractivity (Wildman–Crippen MR) is 112 cm³/mol. The highest BCUT2D eigenvalue weighted by Gasteiger charge is 2.29. The lowest BCUT2D eigenvalue weighted by Gasteiger charge is -2.32. The third-order valence-corrected chi connectivity index (χ3v) is 6.08. The molecule has 156 valence electrons. The minimum absolute atomic E-state index is 0.0823. The Kier molecular flexibility index (Phi) is 6.28. The summed E-state index contributed by atoms with van der Waals surface area (Å²) in [5.41, 5.74) is 4.16. The summed E-state index contributed by atoms with van der Waals surface area (Å²) in [6.45, 7) is 10.7. The fourth-order valence-electron chi connectivity index (χ4n) is 4.39. The van der Waals surface area contributed by atoms with Gasteiger partial charge < -0.3 is 10.1 Å². The number of para-hydroxylation sites is 1. The van der Waals surface area contributed by atoms with E-state index in [1.165, 1.54) is 0 Å². The fraction of sp³-hybridized carbons (Fsp3) is 0.545. The largest absolute Gasteiger partial charge is 0.379 e. The van der Waals surface area contributed by atoms with Crippen molar-refractivity contribution in [3.63, 3.8) is 0 Å². The summed E-state index contributed by atoms with van der Waals surface area (Å²) in [5.74, 6) is 0.0823. The van der Waals surface area contributed by atoms with E-state index in [0.717, 1.165) is 68.5 Å². The van der Waals surface area contributed by atoms with Crippen molar-refractivity contribution in [2.24, 2.45) is 0 Å². The van der Waals surface area contributed by atoms with Crippen LogP contribution in [0, 0.1) is 13.8 Å². The average Bonchev–Trinajstić information content (AvgIpc) is 3.32. The maximum Gasteiger partial charge on any atom is 0.234 e. The quantitative estimate of drug-likeness (QED) is 0.801. The highest BCUT2D eigenvalue weighted by atomic mass is 16.5. The van der Waals surface area contributed by atoms with Crippen LogP contribution in [0.3, 0.4) is 0 Å². The van der Waals surface area contributed by atoms with Gasteiger partial charge in [-0.1, -0.05) is 18.2 Å². The van der Waals surface area contributed by atoms with Crippen LogP contribution in [-0.2, 0) is 16.1 Å². The van der Waals surface area contributed by atoms with E-state index in [-0.39, 0.29) is 5.91 Å². The second kappa shape index (κ2) is 9.07. The number of aryl methyl sites for hydroxylation is 1. The van der Waals surface area contributed by atoms with Gasteiger partial charge in [-0.3, -0.25) is 14.6 Å². The maximum atomic E-state index is 12.5. The molecule has 0 aliphatic carbocycles. The first-order valence-corrected chi connectivity index (χ1v) is 10.5. The molecule has 1 unspecified atom stereocenters. The number of morpholine rings is 1. The molecule has 1 atom stereocenters. The SMILES string of the molecule is Cc1nn(-c2ccccc2)c(C)c1CNC(=O)CN1CCC(N2CCOCC2)C1. The lowest BCUT2D eigenvalue weighted by Crippen LogP contribution is -2.45. The predicted octanol–water partition coefficient (Wildman–Crippen LogP) is 1.51. The van der Waals surface area contributed by atoms with Gasteiger partial charge in [0, 0.05) is 50.0 Å². The van der Waals surface area contributed by atoms with Crippen LogP contribution in [0.2, 0.25) is 0 Å². The first kappa shape index (κ1) is 20.1. The summed E-state index contributed by atoms with van der Waals surface area (Å²) in [4.78, 5) is 17.3. The number of amides is 1. The minimum Gasteiger partial charge on any atom is -0.379 e. The molecule has 1 aromatic carbocycles. The van der Waals surface area contributed by atoms with E-state index in [0.29, 0.717) is 19.1 Å². The zero-order valence-electron chi connectivity index (χ0n) is 17.4. The summed E-state index contributed by atoms with van der Waals surface area (Å²) >= 11 is 0. The zero-order chi connectivity index (χ0) is 20.2. The van der Waals surface area contributed by atoms with Gasteiger partial charge in [-0.15, -0.1) is 0 Å². The topological polar surface area (TPSA) is 62.6 Å². The third kappa shape index (κ3) is 4.69. The Morgan fingerprint density at radius 2 is 1.93 bits per heavy atom. The van der Waals surface area contributed by atoms with Crippen molar-refractivity contribution < 1.29 is 9.53 Å². The first-order valence-electron chi connectivity index (χ1n) is 10.5. The van der Waals surface area contributed by atoms with Crippen molar-refractivity contribution in [2.75, 3.05) is 45.9 Å². The molecule has 2 saturated heterocycles. The summed E-state index contributed by atoms with van der Waals surface area (Å²) < 4.78 is 7.40. The molecule has 3 heterocycles. The first-order chi connectivity index (χ1) is 14.1. The van der Waals surface area contributed by atoms with Crippen molar-refractivity contribution in [3.05, 3.63) is 47.3 Å². The summed E-state index contributed by atoms with van der Waals surface area (Å²) in [6.07, 6.45) is 1.13. The molecule has 4 rings (SSSR count). The van der Waals surface area contributed by atoms with Crippen LogP contribution in [0.5, 0.6) is 0 Å². The molecule has 2 fully saturated rings. The molecule has 1 aromatic heterocycles. The molecule has 1 N–H and O–H groups in total. The Labute approximate surface area is 172 Å². The minimum atomic E-state index is 0.0823. The number of carbonyl (C=O) groups is 1. The number of hydrogen-bond acceptors (Lipinski definition) is 5. The third-order valence-electron chi connectivity index (χ3n) is 6.08. The van der Waals surface area contributed by atoms with Gasteiger partial charge in [-0.05, 0) is 32.4 Å². The van der Waals surface area contributed by atoms with E-state index in [2.05, 4.69) is 27.1 Å². The summed E-state index contributed by atoms with van der Waals surface area (Å²) in [6, 6.07) is 10.7. The van der Waals surface area contributed by atoms with Gasteiger partial charge in [0.2, 0.25) is 5.91 Å². The number of benzene rings is 1. The molecule has 2 aliphatic heterocycles. The molecule has 7 heteroatoms. The highest BCUT2D eigenvalue weighted by molar-refractivity contribution is 5.78. The molecule has 2 aliphatic rings. The van der Waals surface area contributed by atoms with Gasteiger partial charge in [-0.25, -0.2) is 4.68 Å². The normalized spacial score (nSPS) is 20.8. The summed E-state index contributed by atoms with van der Waals surface area (Å²) in [7, 11) is 0. The van der Waals surface area contributed by atoms with E-state index in [9.17, 15) is 4.79 Å². The Morgan fingerprint density at radius 3 is 2.69 bits per heavy atom. The van der Waals surface area contributed by atoms with Gasteiger partial charge in [0.05, 0.1) is 31.1 Å². The molecule has 0 bridgehead atoms. The second-order valence-corrected chi connectivity index (χ2v) is 8.00. The Bertz CT molecular complexity index is 829. The van der Waals surface area contributed by atoms with Crippen LogP contribution in [-0.4, -0.2) is 77.5 Å². The van der Waals surface area contributed by atoms with Gasteiger partial charge >= 0.3 is 0 Å². The van der Waals surface area contributed by atoms with Crippen molar-refractivity contribution >= 4 is 5.91 Å². The molecule has 29 heavy (non-hydrogen) atoms. The lowest BCUT2D eigenvalue weighted by molar-refractivity contribution is -0.122. The number of hydrogen-bond donors (Lipinski definition) is 1. The zero-order valence-corrected chi connectivity index (χ0v) is 17.4. The van der Waals surface area contributed by atoms with Crippen LogP contribution in [0.15, 0.2) is 30.3 Å². The number of ether oxygens (including phenoxy) is 1. The Balaban J connectivity index is 1.30. The molecule has 0 radical (unpaired) electrons. The van der Waals surface area contributed by atoms with Crippen molar-refractivity contribution in [1.82, 2.24) is 24.9 Å². The number of likely N-dealkylation sites (tertiary alicyclic amines) is 1. The molecule has 2 aromatic rings. The van der Waals surface area contributed by atoms with Crippen LogP contribution in [0.4, 0.5) is 0 Å². The lowest BCUT2D eigenvalue weighted by atomic mass is 10.2. The average molecular weight is 398 g/mol. The van der Waals surface area contributed by atoms with Crippen molar-refractivity contribution in [1.29, 1.82) is 0 Å². The fourth-order valence-corrected chi connectivity index (χ4v) is 4.39. The standard InChI is InChI=1S/C22H31N5O2/c1-17-21(18(2)27(24-17)19-6-4-3-5-7-19)14-23-22(28)16-25-9-8-20(15-25)26-10-12-29-13-11-26/h3-7,20H,8-16H2,1-2H3,(H,23,28). The van der Waals surface area contributed by atoms with E-state index >= 15 is 0 Å². The van der Waals surface area contributed by atoms with Gasteiger partial charge in [0.1, 0.15) is 0 Å². The number of aromatic nitrogens is 2. The van der Waals surface area contributed by atoms with E-state index in [1.54, 1.807) is 0 Å². The smallest absolute Gasteiger partial charge is 0.234 e. The summed E-state index contributed by atoms with van der Waals surface area (Å²) in [5, 5.41) is 7.76. The second-order valence-electron chi connectivity index (χ2n) is 8.00. The van der Waals surface area contributed by atoms with Crippen molar-refractivity contribution in [2.45, 2.75) is 32.9 Å². The Hall–Kier alpha value is -2.22. The van der Waals surface area contributed by atoms with Crippen LogP contribution >= 0.6 is 0 Å².